The summed E-state index contributed by atoms with van der Waals surface area (Å²) in [5, 5.41) is 1.40. The van der Waals surface area contributed by atoms with E-state index in [1.807, 2.05) is 0 Å². The summed E-state index contributed by atoms with van der Waals surface area (Å²) in [6.07, 6.45) is -0.908. The maximum Gasteiger partial charge on any atom is 0.513 e. The molecule has 0 unspecified atom stereocenters. The number of carbonyl (C=O) groups is 2. The maximum atomic E-state index is 11.8. The first-order valence-corrected chi connectivity index (χ1v) is 7.14. The van der Waals surface area contributed by atoms with Crippen molar-refractivity contribution < 1.29 is 23.8 Å². The van der Waals surface area contributed by atoms with Gasteiger partial charge in [-0.3, -0.25) is 0 Å². The highest BCUT2D eigenvalue weighted by atomic mass is 35.5. The highest BCUT2D eigenvalue weighted by Crippen LogP contribution is 2.41. The zero-order chi connectivity index (χ0) is 17.1. The molecule has 2 aromatic rings. The molecule has 0 saturated heterocycles. The summed E-state index contributed by atoms with van der Waals surface area (Å²) < 4.78 is 14.8. The van der Waals surface area contributed by atoms with Gasteiger partial charge >= 0.3 is 12.1 Å². The minimum atomic E-state index is -0.908. The average Bonchev–Trinajstić information content (AvgIpc) is 2.50. The zero-order valence-corrected chi connectivity index (χ0v) is 13.8. The molecule has 0 atom stereocenters. The first kappa shape index (κ1) is 17.1. The van der Waals surface area contributed by atoms with E-state index in [9.17, 15) is 9.59 Å². The second-order valence-corrected chi connectivity index (χ2v) is 5.45. The van der Waals surface area contributed by atoms with E-state index in [1.54, 1.807) is 18.2 Å². The molecule has 0 aliphatic rings. The fourth-order valence-electron chi connectivity index (χ4n) is 1.80. The number of esters is 1. The number of rotatable bonds is 3. The Balaban J connectivity index is 2.64. The minimum Gasteiger partial charge on any atom is -0.437 e. The Hall–Kier alpha value is -2.24. The number of hydrogen-bond acceptors (Lipinski definition) is 5. The van der Waals surface area contributed by atoms with Crippen LogP contribution >= 0.6 is 23.2 Å². The number of fused-ring (bicyclic) bond motifs is 1. The lowest BCUT2D eigenvalue weighted by atomic mass is 10.1. The molecule has 5 nitrogen and oxygen atoms in total. The molecule has 0 spiro atoms. The third kappa shape index (κ3) is 3.75. The maximum absolute atomic E-state index is 11.8. The van der Waals surface area contributed by atoms with Crippen LogP contribution in [0.25, 0.3) is 10.8 Å². The van der Waals surface area contributed by atoms with E-state index in [-0.39, 0.29) is 22.1 Å². The summed E-state index contributed by atoms with van der Waals surface area (Å²) in [6.45, 7) is 5.04. The summed E-state index contributed by atoms with van der Waals surface area (Å²) >= 11 is 12.1. The number of hydrogen-bond donors (Lipinski definition) is 0. The van der Waals surface area contributed by atoms with Gasteiger partial charge in [0.2, 0.25) is 0 Å². The Kier molecular flexibility index (Phi) is 5.13. The van der Waals surface area contributed by atoms with Crippen molar-refractivity contribution in [2.24, 2.45) is 0 Å². The van der Waals surface area contributed by atoms with Crippen LogP contribution in [0.15, 0.2) is 36.4 Å². The van der Waals surface area contributed by atoms with Crippen LogP contribution in [-0.2, 0) is 9.53 Å². The van der Waals surface area contributed by atoms with Gasteiger partial charge in [-0.1, -0.05) is 29.8 Å². The molecular formula is C16H12Cl2O5. The molecule has 23 heavy (non-hydrogen) atoms. The number of carbonyl (C=O) groups excluding carboxylic acids is 2. The van der Waals surface area contributed by atoms with E-state index < -0.39 is 12.1 Å². The van der Waals surface area contributed by atoms with E-state index >= 15 is 0 Å². The van der Waals surface area contributed by atoms with Crippen molar-refractivity contribution in [1.29, 1.82) is 0 Å². The number of benzene rings is 2. The predicted molar refractivity (Wildman–Crippen MR) is 87.5 cm³/mol. The second kappa shape index (κ2) is 6.89. The summed E-state index contributed by atoms with van der Waals surface area (Å²) in [5.74, 6) is -0.359. The van der Waals surface area contributed by atoms with Gasteiger partial charge in [0.25, 0.3) is 0 Å². The van der Waals surface area contributed by atoms with E-state index in [0.29, 0.717) is 15.8 Å². The Morgan fingerprint density at radius 3 is 2.39 bits per heavy atom. The Bertz CT molecular complexity index is 814. The monoisotopic (exact) mass is 354 g/mol. The van der Waals surface area contributed by atoms with Gasteiger partial charge in [-0.25, -0.2) is 9.59 Å². The number of methoxy groups -OCH3 is 1. The lowest BCUT2D eigenvalue weighted by Crippen LogP contribution is -2.10. The average molecular weight is 355 g/mol. The van der Waals surface area contributed by atoms with Crippen molar-refractivity contribution in [2.75, 3.05) is 7.11 Å². The lowest BCUT2D eigenvalue weighted by Gasteiger charge is -2.13. The standard InChI is InChI=1S/C16H12Cl2O5/c1-8(2)15(19)23-14-10-5-4-9(17)6-11(10)13(7-12(14)18)22-16(20)21-3/h4-7H,1H2,2-3H3. The lowest BCUT2D eigenvalue weighted by molar-refractivity contribution is -0.129. The predicted octanol–water partition coefficient (Wildman–Crippen LogP) is 4.77. The van der Waals surface area contributed by atoms with Crippen molar-refractivity contribution in [2.45, 2.75) is 6.92 Å². The first-order chi connectivity index (χ1) is 10.8. The van der Waals surface area contributed by atoms with Crippen LogP contribution in [0.5, 0.6) is 11.5 Å². The van der Waals surface area contributed by atoms with Crippen LogP contribution < -0.4 is 9.47 Å². The van der Waals surface area contributed by atoms with Crippen molar-refractivity contribution >= 4 is 46.1 Å². The van der Waals surface area contributed by atoms with E-state index in [1.165, 1.54) is 20.1 Å². The Morgan fingerprint density at radius 2 is 1.78 bits per heavy atom. The third-order valence-electron chi connectivity index (χ3n) is 2.87. The largest absolute Gasteiger partial charge is 0.513 e. The molecule has 0 aromatic heterocycles. The molecule has 0 aliphatic carbocycles. The van der Waals surface area contributed by atoms with Gasteiger partial charge in [0.05, 0.1) is 12.1 Å². The topological polar surface area (TPSA) is 61.8 Å². The highest BCUT2D eigenvalue weighted by molar-refractivity contribution is 6.34. The Morgan fingerprint density at radius 1 is 1.09 bits per heavy atom. The molecule has 2 rings (SSSR count). The van der Waals surface area contributed by atoms with Crippen molar-refractivity contribution in [3.63, 3.8) is 0 Å². The van der Waals surface area contributed by atoms with Gasteiger partial charge in [0.1, 0.15) is 5.75 Å². The van der Waals surface area contributed by atoms with Gasteiger partial charge in [-0.05, 0) is 25.1 Å². The van der Waals surface area contributed by atoms with Gasteiger partial charge < -0.3 is 14.2 Å². The fraction of sp³-hybridized carbons (Fsp3) is 0.125. The van der Waals surface area contributed by atoms with Crippen LogP contribution in [0.4, 0.5) is 4.79 Å². The molecule has 0 fully saturated rings. The van der Waals surface area contributed by atoms with Crippen LogP contribution in [0.2, 0.25) is 10.0 Å². The molecule has 7 heteroatoms. The smallest absolute Gasteiger partial charge is 0.437 e. The molecule has 0 bridgehead atoms. The third-order valence-corrected chi connectivity index (χ3v) is 3.39. The van der Waals surface area contributed by atoms with Crippen LogP contribution in [0.1, 0.15) is 6.92 Å². The van der Waals surface area contributed by atoms with E-state index in [2.05, 4.69) is 11.3 Å². The molecule has 0 N–H and O–H groups in total. The second-order valence-electron chi connectivity index (χ2n) is 4.60. The van der Waals surface area contributed by atoms with Crippen molar-refractivity contribution in [3.05, 3.63) is 46.5 Å². The summed E-state index contributed by atoms with van der Waals surface area (Å²) in [5.41, 5.74) is 0.220. The van der Waals surface area contributed by atoms with Crippen molar-refractivity contribution in [3.8, 4) is 11.5 Å². The normalized spacial score (nSPS) is 10.3. The molecule has 0 aliphatic heterocycles. The molecule has 0 heterocycles. The number of ether oxygens (including phenoxy) is 3. The molecular weight excluding hydrogens is 343 g/mol. The van der Waals surface area contributed by atoms with Gasteiger partial charge in [0, 0.05) is 27.4 Å². The van der Waals surface area contributed by atoms with E-state index in [0.717, 1.165) is 0 Å². The van der Waals surface area contributed by atoms with E-state index in [4.69, 9.17) is 32.7 Å². The quantitative estimate of drug-likeness (QED) is 0.343. The van der Waals surface area contributed by atoms with Gasteiger partial charge in [0.15, 0.2) is 5.75 Å². The molecule has 0 saturated carbocycles. The summed E-state index contributed by atoms with van der Waals surface area (Å²) in [4.78, 5) is 23.1. The van der Waals surface area contributed by atoms with Crippen molar-refractivity contribution in [1.82, 2.24) is 0 Å². The summed E-state index contributed by atoms with van der Waals surface area (Å²) in [7, 11) is 1.18. The van der Waals surface area contributed by atoms with Crippen LogP contribution in [-0.4, -0.2) is 19.2 Å². The zero-order valence-electron chi connectivity index (χ0n) is 12.3. The minimum absolute atomic E-state index is 0.0910. The molecule has 120 valence electrons. The fourth-order valence-corrected chi connectivity index (χ4v) is 2.22. The van der Waals surface area contributed by atoms with Gasteiger partial charge in [-0.2, -0.15) is 0 Å². The first-order valence-electron chi connectivity index (χ1n) is 6.38. The highest BCUT2D eigenvalue weighted by Gasteiger charge is 2.18. The van der Waals surface area contributed by atoms with Crippen LogP contribution in [0, 0.1) is 0 Å². The SMILES string of the molecule is C=C(C)C(=O)Oc1c(Cl)cc(OC(=O)OC)c2cc(Cl)ccc12. The molecule has 0 radical (unpaired) electrons. The Labute approximate surface area is 142 Å². The van der Waals surface area contributed by atoms with Gasteiger partial charge in [-0.15, -0.1) is 0 Å². The number of halogens is 2. The summed E-state index contributed by atoms with van der Waals surface area (Å²) in [6, 6.07) is 6.11. The molecule has 0 amide bonds. The molecule has 2 aromatic carbocycles. The van der Waals surface area contributed by atoms with Crippen LogP contribution in [0.3, 0.4) is 0 Å².